The number of anilines is 1. The Morgan fingerprint density at radius 1 is 1.25 bits per heavy atom. The molecule has 1 heterocycles. The summed E-state index contributed by atoms with van der Waals surface area (Å²) in [6.07, 6.45) is 8.73. The fourth-order valence-corrected chi connectivity index (χ4v) is 2.45. The van der Waals surface area contributed by atoms with Crippen molar-refractivity contribution in [1.29, 1.82) is 0 Å². The van der Waals surface area contributed by atoms with Crippen molar-refractivity contribution in [2.45, 2.75) is 31.2 Å². The van der Waals surface area contributed by atoms with E-state index in [-0.39, 0.29) is 0 Å². The quantitative estimate of drug-likeness (QED) is 0.839. The van der Waals surface area contributed by atoms with E-state index in [1.165, 1.54) is 25.7 Å². The van der Waals surface area contributed by atoms with Gasteiger partial charge in [-0.1, -0.05) is 12.8 Å². The number of rotatable bonds is 4. The van der Waals surface area contributed by atoms with E-state index in [0.717, 1.165) is 12.5 Å². The van der Waals surface area contributed by atoms with Crippen LogP contribution in [0.4, 0.5) is 5.95 Å². The molecule has 4 nitrogen and oxygen atoms in total. The topological polar surface area (TPSA) is 41.0 Å². The average molecular weight is 220 g/mol. The molecule has 1 N–H and O–H groups in total. The molecule has 88 valence electrons. The summed E-state index contributed by atoms with van der Waals surface area (Å²) in [6.45, 7) is 0.935. The van der Waals surface area contributed by atoms with Crippen LogP contribution in [0.5, 0.6) is 0 Å². The van der Waals surface area contributed by atoms with Crippen LogP contribution in [0.3, 0.4) is 0 Å². The van der Waals surface area contributed by atoms with Crippen molar-refractivity contribution < 1.29 is 0 Å². The van der Waals surface area contributed by atoms with E-state index in [2.05, 4.69) is 34.3 Å². The molecule has 0 atom stereocenters. The summed E-state index contributed by atoms with van der Waals surface area (Å²) < 4.78 is 0. The average Bonchev–Trinajstić information content (AvgIpc) is 2.78. The van der Waals surface area contributed by atoms with Crippen molar-refractivity contribution in [1.82, 2.24) is 14.9 Å². The lowest BCUT2D eigenvalue weighted by atomic mass is 9.96. The first kappa shape index (κ1) is 11.3. The minimum atomic E-state index is 0.291. The smallest absolute Gasteiger partial charge is 0.222 e. The van der Waals surface area contributed by atoms with E-state index in [1.807, 2.05) is 6.07 Å². The molecular formula is C12H20N4. The first-order valence-corrected chi connectivity index (χ1v) is 5.91. The fourth-order valence-electron chi connectivity index (χ4n) is 2.45. The normalized spacial score (nSPS) is 18.9. The van der Waals surface area contributed by atoms with Gasteiger partial charge < -0.3 is 10.2 Å². The molecule has 0 aliphatic heterocycles. The van der Waals surface area contributed by atoms with E-state index < -0.39 is 0 Å². The molecule has 0 bridgehead atoms. The van der Waals surface area contributed by atoms with Crippen LogP contribution in [0, 0.1) is 0 Å². The first-order valence-electron chi connectivity index (χ1n) is 5.91. The highest BCUT2D eigenvalue weighted by Crippen LogP contribution is 2.33. The van der Waals surface area contributed by atoms with Gasteiger partial charge in [-0.05, 0) is 33.0 Å². The van der Waals surface area contributed by atoms with Crippen LogP contribution in [0.1, 0.15) is 25.7 Å². The standard InChI is InChI=1S/C12H20N4/c1-16(2)12(6-3-4-7-12)10-15-11-13-8-5-9-14-11/h5,8-9H,3-4,6-7,10H2,1-2H3,(H,13,14,15). The highest BCUT2D eigenvalue weighted by molar-refractivity contribution is 5.24. The maximum absolute atomic E-state index is 4.19. The summed E-state index contributed by atoms with van der Waals surface area (Å²) in [7, 11) is 4.33. The molecule has 1 fully saturated rings. The number of nitrogens with one attached hydrogen (secondary N) is 1. The van der Waals surface area contributed by atoms with Crippen molar-refractivity contribution in [3.63, 3.8) is 0 Å². The maximum Gasteiger partial charge on any atom is 0.222 e. The second-order valence-corrected chi connectivity index (χ2v) is 4.75. The second-order valence-electron chi connectivity index (χ2n) is 4.75. The monoisotopic (exact) mass is 220 g/mol. The van der Waals surface area contributed by atoms with Gasteiger partial charge in [0.2, 0.25) is 5.95 Å². The second kappa shape index (κ2) is 4.78. The van der Waals surface area contributed by atoms with Gasteiger partial charge in [-0.2, -0.15) is 0 Å². The van der Waals surface area contributed by atoms with Crippen LogP contribution < -0.4 is 5.32 Å². The van der Waals surface area contributed by atoms with Gasteiger partial charge in [0.25, 0.3) is 0 Å². The molecule has 16 heavy (non-hydrogen) atoms. The molecule has 1 aliphatic rings. The van der Waals surface area contributed by atoms with Gasteiger partial charge in [0.1, 0.15) is 0 Å². The Hall–Kier alpha value is -1.16. The Labute approximate surface area is 97.1 Å². The first-order chi connectivity index (χ1) is 7.73. The Kier molecular flexibility index (Phi) is 3.39. The zero-order valence-electron chi connectivity index (χ0n) is 10.1. The van der Waals surface area contributed by atoms with Crippen molar-refractivity contribution in [3.8, 4) is 0 Å². The number of hydrogen-bond donors (Lipinski definition) is 1. The molecule has 0 unspecified atom stereocenters. The van der Waals surface area contributed by atoms with Gasteiger partial charge in [0.15, 0.2) is 0 Å². The van der Waals surface area contributed by atoms with Crippen LogP contribution in [0.25, 0.3) is 0 Å². The van der Waals surface area contributed by atoms with Gasteiger partial charge in [-0.25, -0.2) is 9.97 Å². The maximum atomic E-state index is 4.19. The van der Waals surface area contributed by atoms with Crippen molar-refractivity contribution in [3.05, 3.63) is 18.5 Å². The highest BCUT2D eigenvalue weighted by Gasteiger charge is 2.35. The van der Waals surface area contributed by atoms with Gasteiger partial charge >= 0.3 is 0 Å². The molecule has 0 saturated heterocycles. The van der Waals surface area contributed by atoms with E-state index in [0.29, 0.717) is 5.54 Å². The summed E-state index contributed by atoms with van der Waals surface area (Å²) in [5.41, 5.74) is 0.291. The van der Waals surface area contributed by atoms with Gasteiger partial charge in [0.05, 0.1) is 0 Å². The van der Waals surface area contributed by atoms with Crippen molar-refractivity contribution in [2.24, 2.45) is 0 Å². The third kappa shape index (κ3) is 2.32. The van der Waals surface area contributed by atoms with Crippen LogP contribution in [0.15, 0.2) is 18.5 Å². The van der Waals surface area contributed by atoms with Crippen LogP contribution in [0.2, 0.25) is 0 Å². The highest BCUT2D eigenvalue weighted by atomic mass is 15.2. The van der Waals surface area contributed by atoms with Gasteiger partial charge in [-0.15, -0.1) is 0 Å². The van der Waals surface area contributed by atoms with Crippen LogP contribution in [-0.2, 0) is 0 Å². The van der Waals surface area contributed by atoms with E-state index in [1.54, 1.807) is 12.4 Å². The molecule has 2 rings (SSSR count). The van der Waals surface area contributed by atoms with Crippen molar-refractivity contribution >= 4 is 5.95 Å². The fraction of sp³-hybridized carbons (Fsp3) is 0.667. The SMILES string of the molecule is CN(C)C1(CNc2ncccn2)CCCC1. The molecule has 1 aromatic rings. The third-order valence-corrected chi connectivity index (χ3v) is 3.62. The molecule has 1 aliphatic carbocycles. The molecule has 0 amide bonds. The molecule has 0 spiro atoms. The van der Waals surface area contributed by atoms with Gasteiger partial charge in [0, 0.05) is 24.5 Å². The third-order valence-electron chi connectivity index (χ3n) is 3.62. The minimum absolute atomic E-state index is 0.291. The Morgan fingerprint density at radius 3 is 2.44 bits per heavy atom. The van der Waals surface area contributed by atoms with E-state index in [9.17, 15) is 0 Å². The largest absolute Gasteiger partial charge is 0.352 e. The lowest BCUT2D eigenvalue weighted by Crippen LogP contribution is -2.47. The zero-order valence-corrected chi connectivity index (χ0v) is 10.1. The van der Waals surface area contributed by atoms with Crippen molar-refractivity contribution in [2.75, 3.05) is 26.0 Å². The lowest BCUT2D eigenvalue weighted by Gasteiger charge is -2.36. The van der Waals surface area contributed by atoms with Crippen LogP contribution >= 0.6 is 0 Å². The summed E-state index contributed by atoms with van der Waals surface area (Å²) >= 11 is 0. The summed E-state index contributed by atoms with van der Waals surface area (Å²) in [5.74, 6) is 0.732. The predicted octanol–water partition coefficient (Wildman–Crippen LogP) is 1.76. The molecule has 1 saturated carbocycles. The molecule has 4 heteroatoms. The molecular weight excluding hydrogens is 200 g/mol. The lowest BCUT2D eigenvalue weighted by molar-refractivity contribution is 0.172. The number of aromatic nitrogens is 2. The Bertz CT molecular complexity index is 317. The van der Waals surface area contributed by atoms with Gasteiger partial charge in [-0.3, -0.25) is 0 Å². The number of hydrogen-bond acceptors (Lipinski definition) is 4. The number of nitrogens with zero attached hydrogens (tertiary/aromatic N) is 3. The minimum Gasteiger partial charge on any atom is -0.352 e. The predicted molar refractivity (Wildman–Crippen MR) is 65.4 cm³/mol. The van der Waals surface area contributed by atoms with E-state index in [4.69, 9.17) is 0 Å². The summed E-state index contributed by atoms with van der Waals surface area (Å²) in [4.78, 5) is 10.7. The Morgan fingerprint density at radius 2 is 1.88 bits per heavy atom. The van der Waals surface area contributed by atoms with Crippen LogP contribution in [-0.4, -0.2) is 41.0 Å². The van der Waals surface area contributed by atoms with E-state index >= 15 is 0 Å². The Balaban J connectivity index is 1.97. The number of likely N-dealkylation sites (N-methyl/N-ethyl adjacent to an activating group) is 1. The molecule has 0 radical (unpaired) electrons. The summed E-state index contributed by atoms with van der Waals surface area (Å²) in [5, 5.41) is 3.34. The summed E-state index contributed by atoms with van der Waals surface area (Å²) in [6, 6.07) is 1.84. The molecule has 0 aromatic carbocycles. The zero-order chi connectivity index (χ0) is 11.4. The molecule has 1 aromatic heterocycles.